The van der Waals surface area contributed by atoms with Crippen molar-refractivity contribution in [2.75, 3.05) is 50.1 Å². The van der Waals surface area contributed by atoms with E-state index in [-0.39, 0.29) is 15.8 Å². The molecule has 3 heteroatoms. The normalized spacial score (nSPS) is 10.6. The van der Waals surface area contributed by atoms with Gasteiger partial charge >= 0.3 is 0 Å². The third-order valence-corrected chi connectivity index (χ3v) is 7.57. The molecule has 0 bridgehead atoms. The zero-order valence-electron chi connectivity index (χ0n) is 12.2. The maximum atomic E-state index is 3.84. The van der Waals surface area contributed by atoms with Gasteiger partial charge in [-0.3, -0.25) is 0 Å². The van der Waals surface area contributed by atoms with E-state index < -0.39 is 0 Å². The van der Waals surface area contributed by atoms with Crippen molar-refractivity contribution in [3.05, 3.63) is 50.6 Å². The Morgan fingerprint density at radius 2 is 0.947 bits per heavy atom. The fraction of sp³-hybridized carbons (Fsp3) is 0.500. The van der Waals surface area contributed by atoms with E-state index >= 15 is 0 Å². The molecule has 1 nitrogen and oxygen atoms in total. The Balaban J connectivity index is 3.70. The average molecular weight is 297 g/mol. The molecule has 0 atom stereocenters. The van der Waals surface area contributed by atoms with Gasteiger partial charge in [0.05, 0.1) is 0 Å². The van der Waals surface area contributed by atoms with Gasteiger partial charge in [-0.15, -0.1) is 26.3 Å². The van der Waals surface area contributed by atoms with Crippen molar-refractivity contribution in [1.82, 2.24) is 5.32 Å². The smallest absolute Gasteiger partial charge is 0.000915 e. The van der Waals surface area contributed by atoms with E-state index in [2.05, 4.69) is 31.6 Å². The summed E-state index contributed by atoms with van der Waals surface area (Å²) in [5.41, 5.74) is 0. The molecule has 1 N–H and O–H groups in total. The summed E-state index contributed by atoms with van der Waals surface area (Å²) in [5.74, 6) is 0. The van der Waals surface area contributed by atoms with Gasteiger partial charge in [0.15, 0.2) is 0 Å². The second-order valence-electron chi connectivity index (χ2n) is 4.42. The van der Waals surface area contributed by atoms with E-state index in [1.807, 2.05) is 24.3 Å². The van der Waals surface area contributed by atoms with Gasteiger partial charge in [-0.2, -0.15) is 0 Å². The first-order valence-electron chi connectivity index (χ1n) is 6.87. The molecule has 0 aliphatic rings. The molecule has 0 aromatic rings. The molecular weight excluding hydrogens is 268 g/mol. The highest BCUT2D eigenvalue weighted by molar-refractivity contribution is 7.58. The largest absolute Gasteiger partial charge is 0.316 e. The molecule has 0 spiro atoms. The van der Waals surface area contributed by atoms with Gasteiger partial charge in [-0.1, -0.05) is 40.1 Å². The first-order chi connectivity index (χ1) is 9.28. The van der Waals surface area contributed by atoms with Crippen LogP contribution in [0.4, 0.5) is 0 Å². The maximum absolute atomic E-state index is 3.84. The molecule has 108 valence electrons. The van der Waals surface area contributed by atoms with Crippen LogP contribution in [0.5, 0.6) is 0 Å². The molecule has 0 heterocycles. The Morgan fingerprint density at radius 3 is 1.21 bits per heavy atom. The van der Waals surface area contributed by atoms with Gasteiger partial charge in [0, 0.05) is 0 Å². The summed E-state index contributed by atoms with van der Waals surface area (Å²) >= 11 is 0. The highest BCUT2D eigenvalue weighted by Crippen LogP contribution is 2.35. The number of rotatable bonds is 14. The van der Waals surface area contributed by atoms with Crippen molar-refractivity contribution in [2.24, 2.45) is 0 Å². The lowest BCUT2D eigenvalue weighted by molar-refractivity contribution is 0.769. The van der Waals surface area contributed by atoms with Crippen LogP contribution in [0.1, 0.15) is 0 Å². The number of allylic oxidation sites excluding steroid dienone is 4. The zero-order valence-corrected chi connectivity index (χ0v) is 14.0. The van der Waals surface area contributed by atoms with Crippen LogP contribution in [0.25, 0.3) is 0 Å². The summed E-state index contributed by atoms with van der Waals surface area (Å²) in [6.45, 7) is 17.6. The maximum Gasteiger partial charge on any atom is -0.000915 e. The second kappa shape index (κ2) is 14.2. The molecule has 0 saturated carbocycles. The Labute approximate surface area is 122 Å². The Morgan fingerprint density at radius 1 is 0.632 bits per heavy atom. The van der Waals surface area contributed by atoms with Gasteiger partial charge in [0.2, 0.25) is 0 Å². The van der Waals surface area contributed by atoms with Crippen molar-refractivity contribution in [1.29, 1.82) is 0 Å². The highest BCUT2D eigenvalue weighted by Gasteiger charge is 2.05. The summed E-state index contributed by atoms with van der Waals surface area (Å²) in [6, 6.07) is 0. The minimum Gasteiger partial charge on any atom is -0.316 e. The van der Waals surface area contributed by atoms with E-state index in [0.717, 1.165) is 37.7 Å². The molecule has 0 amide bonds. The van der Waals surface area contributed by atoms with Gasteiger partial charge in [0.1, 0.15) is 0 Å². The van der Waals surface area contributed by atoms with Crippen molar-refractivity contribution in [2.45, 2.75) is 0 Å². The van der Waals surface area contributed by atoms with Crippen LogP contribution in [0.15, 0.2) is 50.6 Å². The van der Waals surface area contributed by atoms with Gasteiger partial charge in [-0.05, 0) is 50.1 Å². The Kier molecular flexibility index (Phi) is 14.0. The number of nitrogens with one attached hydrogen (secondary N) is 1. The lowest BCUT2D eigenvalue weighted by Gasteiger charge is -2.16. The van der Waals surface area contributed by atoms with E-state index in [0.29, 0.717) is 0 Å². The van der Waals surface area contributed by atoms with Crippen LogP contribution >= 0.6 is 15.8 Å². The molecule has 0 aliphatic heterocycles. The first-order valence-corrected chi connectivity index (χ1v) is 10.7. The van der Waals surface area contributed by atoms with Crippen molar-refractivity contribution in [3.63, 3.8) is 0 Å². The SMILES string of the molecule is C=CCP(CC=C)CCNCCP(CC=C)CC=C. The minimum absolute atomic E-state index is 0.0681. The number of hydrogen-bond donors (Lipinski definition) is 1. The standard InChI is InChI=1S/C16H29NP2/c1-5-11-18(12-6-2)15-9-17-10-16-19(13-7-3)14-8-4/h5-8,17H,1-4,9-16H2. The summed E-state index contributed by atoms with van der Waals surface area (Å²) in [7, 11) is 0.136. The van der Waals surface area contributed by atoms with Crippen LogP contribution in [0, 0.1) is 0 Å². The predicted molar refractivity (Wildman–Crippen MR) is 96.7 cm³/mol. The molecule has 0 fully saturated rings. The topological polar surface area (TPSA) is 12.0 Å². The zero-order chi connectivity index (χ0) is 14.3. The van der Waals surface area contributed by atoms with Gasteiger partial charge in [-0.25, -0.2) is 0 Å². The van der Waals surface area contributed by atoms with Crippen LogP contribution in [-0.2, 0) is 0 Å². The third-order valence-electron chi connectivity index (χ3n) is 2.76. The van der Waals surface area contributed by atoms with Crippen LogP contribution in [0.3, 0.4) is 0 Å². The van der Waals surface area contributed by atoms with Gasteiger partial charge < -0.3 is 5.32 Å². The molecule has 0 aliphatic carbocycles. The summed E-state index contributed by atoms with van der Waals surface area (Å²) in [4.78, 5) is 0. The molecule has 0 radical (unpaired) electrons. The predicted octanol–water partition coefficient (Wildman–Crippen LogP) is 4.28. The molecule has 0 rings (SSSR count). The second-order valence-corrected chi connectivity index (χ2v) is 9.46. The summed E-state index contributed by atoms with van der Waals surface area (Å²) < 4.78 is 0. The number of hydrogen-bond acceptors (Lipinski definition) is 1. The van der Waals surface area contributed by atoms with E-state index in [1.165, 1.54) is 12.3 Å². The molecule has 19 heavy (non-hydrogen) atoms. The Hall–Kier alpha value is -0.220. The van der Waals surface area contributed by atoms with Crippen LogP contribution < -0.4 is 5.32 Å². The summed E-state index contributed by atoms with van der Waals surface area (Å²) in [6.07, 6.45) is 15.3. The fourth-order valence-corrected chi connectivity index (χ4v) is 5.28. The van der Waals surface area contributed by atoms with Crippen molar-refractivity contribution >= 4 is 15.8 Å². The van der Waals surface area contributed by atoms with Crippen molar-refractivity contribution in [3.8, 4) is 0 Å². The van der Waals surface area contributed by atoms with E-state index in [9.17, 15) is 0 Å². The Bertz CT molecular complexity index is 217. The van der Waals surface area contributed by atoms with Crippen LogP contribution in [-0.4, -0.2) is 50.1 Å². The third kappa shape index (κ3) is 11.3. The fourth-order valence-electron chi connectivity index (χ4n) is 1.84. The minimum atomic E-state index is 0.0681. The lowest BCUT2D eigenvalue weighted by Crippen LogP contribution is -2.22. The van der Waals surface area contributed by atoms with Gasteiger partial charge in [0.25, 0.3) is 0 Å². The molecule has 0 unspecified atom stereocenters. The lowest BCUT2D eigenvalue weighted by atomic mass is 10.6. The van der Waals surface area contributed by atoms with Crippen LogP contribution in [0.2, 0.25) is 0 Å². The van der Waals surface area contributed by atoms with Crippen molar-refractivity contribution < 1.29 is 0 Å². The molecule has 0 aromatic carbocycles. The summed E-state index contributed by atoms with van der Waals surface area (Å²) in [5, 5.41) is 3.58. The highest BCUT2D eigenvalue weighted by atomic mass is 31.1. The molecule has 0 aromatic heterocycles. The monoisotopic (exact) mass is 297 g/mol. The molecule has 0 saturated heterocycles. The average Bonchev–Trinajstić information content (AvgIpc) is 2.39. The quantitative estimate of drug-likeness (QED) is 0.287. The van der Waals surface area contributed by atoms with E-state index in [4.69, 9.17) is 0 Å². The molecular formula is C16H29NP2. The first kappa shape index (κ1) is 18.8. The van der Waals surface area contributed by atoms with E-state index in [1.54, 1.807) is 0 Å².